The number of hydrogen-bond donors (Lipinski definition) is 0. The van der Waals surface area contributed by atoms with Gasteiger partial charge in [0.2, 0.25) is 0 Å². The molecule has 2 aromatic carbocycles. The van der Waals surface area contributed by atoms with Crippen molar-refractivity contribution in [2.24, 2.45) is 4.99 Å². The van der Waals surface area contributed by atoms with Gasteiger partial charge in [0.05, 0.1) is 40.4 Å². The Hall–Kier alpha value is -4.04. The van der Waals surface area contributed by atoms with Crippen molar-refractivity contribution < 1.29 is 35.9 Å². The number of benzene rings is 2. The topological polar surface area (TPSA) is 155 Å². The Kier molecular flexibility index (Phi) is 14.0. The van der Waals surface area contributed by atoms with E-state index in [4.69, 9.17) is 9.73 Å². The number of unbranched alkanes of at least 4 members (excludes halogenated alkanes) is 3. The smallest absolute Gasteiger partial charge is 0.327 e. The van der Waals surface area contributed by atoms with E-state index in [-0.39, 0.29) is 16.7 Å². The minimum Gasteiger partial charge on any atom is -0.830 e. The molecule has 10 nitrogen and oxygen atoms in total. The maximum Gasteiger partial charge on any atom is 0.327 e. The maximum absolute atomic E-state index is 12.3. The van der Waals surface area contributed by atoms with E-state index in [9.17, 15) is 26.6 Å². The number of allylic oxidation sites excluding steroid dienone is 8. The van der Waals surface area contributed by atoms with E-state index in [2.05, 4.69) is 88.1 Å². The highest BCUT2D eigenvalue weighted by molar-refractivity contribution is 8.19. The standard InChI is InChI=1S/C48H63N3O7S2/c1-8-10-12-28-58-38-19-14-18-37(31-38)45-35(21-24-43-47(4,5)41-32-39(60(55,56)57)33-50(26-11-9-2)46(41)49-43)16-13-17-36(45)22-25-44-48(6,7)40-30-34(3)20-23-42(40)51(44)27-15-29-59(52,53)54/h14,18-25,30-33H,8-13,15-17,26-29H2,1-7H3,(H3-,52,53,54,55,56,57)/p-3. The molecule has 0 bridgehead atoms. The molecule has 2 aliphatic heterocycles. The summed E-state index contributed by atoms with van der Waals surface area (Å²) in [7, 11) is -9.04. The molecule has 6 rings (SSSR count). The van der Waals surface area contributed by atoms with Crippen LogP contribution in [0.4, 0.5) is 11.5 Å². The molecule has 0 fully saturated rings. The number of nitrogens with zero attached hydrogens (tertiary/aromatic N) is 3. The monoisotopic (exact) mass is 854 g/mol. The predicted octanol–water partition coefficient (Wildman–Crippen LogP) is 10.3. The molecule has 12 heteroatoms. The largest absolute Gasteiger partial charge is 0.830 e. The number of rotatable bonds is 17. The first kappa shape index (κ1) is 45.5. The number of ether oxygens (including phenoxy) is 1. The lowest BCUT2D eigenvalue weighted by Crippen LogP contribution is -2.36. The minimum absolute atomic E-state index is 0.213. The van der Waals surface area contributed by atoms with Gasteiger partial charge in [0, 0.05) is 29.1 Å². The van der Waals surface area contributed by atoms with Crippen LogP contribution in [0, 0.1) is 6.92 Å². The molecule has 324 valence electrons. The number of aryl methyl sites for hydroxylation is 2. The van der Waals surface area contributed by atoms with Crippen LogP contribution in [0.3, 0.4) is 0 Å². The first-order chi connectivity index (χ1) is 28.3. The van der Waals surface area contributed by atoms with Gasteiger partial charge < -0.3 is 38.7 Å². The maximum atomic E-state index is 12.3. The van der Waals surface area contributed by atoms with Gasteiger partial charge in [0.25, 0.3) is 0 Å². The highest BCUT2D eigenvalue weighted by Crippen LogP contribution is 2.50. The zero-order valence-corrected chi connectivity index (χ0v) is 37.8. The first-order valence-corrected chi connectivity index (χ1v) is 24.3. The number of fused-ring (bicyclic) bond motifs is 2. The summed E-state index contributed by atoms with van der Waals surface area (Å²) in [5, 5.41) is 0. The highest BCUT2D eigenvalue weighted by Gasteiger charge is 2.43. The third-order valence-electron chi connectivity index (χ3n) is 12.0. The predicted molar refractivity (Wildman–Crippen MR) is 238 cm³/mol. The normalized spacial score (nSPS) is 19.1. The van der Waals surface area contributed by atoms with E-state index >= 15 is 0 Å². The summed E-state index contributed by atoms with van der Waals surface area (Å²) in [6.07, 6.45) is 17.7. The third kappa shape index (κ3) is 10.2. The number of aromatic nitrogens is 1. The van der Waals surface area contributed by atoms with Crippen molar-refractivity contribution in [2.45, 2.75) is 129 Å². The SMILES string of the molecule is CCCCCOc1cccc(C2=C(/C=C/C3=Nc4c(cc(S([O-])([O-])[O-])c[n+]4CCCC)C3(C)C)CCC/C2=C\C=C2\N(CCCS(=O)(=O)[O-])c3ccc(C)cc3C2(C)C)c1. The Morgan fingerprint density at radius 3 is 2.35 bits per heavy atom. The molecule has 0 amide bonds. The quantitative estimate of drug-likeness (QED) is 0.0738. The Labute approximate surface area is 359 Å². The molecule has 1 aliphatic carbocycles. The Balaban J connectivity index is 1.45. The fourth-order valence-corrected chi connectivity index (χ4v) is 9.67. The average Bonchev–Trinajstić information content (AvgIpc) is 3.56. The van der Waals surface area contributed by atoms with Crippen LogP contribution < -0.4 is 14.2 Å². The van der Waals surface area contributed by atoms with Crippen molar-refractivity contribution in [3.8, 4) is 5.75 Å². The Morgan fingerprint density at radius 1 is 0.867 bits per heavy atom. The van der Waals surface area contributed by atoms with E-state index in [0.717, 1.165) is 108 Å². The van der Waals surface area contributed by atoms with Crippen LogP contribution in [-0.4, -0.2) is 51.2 Å². The highest BCUT2D eigenvalue weighted by atomic mass is 32.3. The van der Waals surface area contributed by atoms with E-state index in [0.29, 0.717) is 31.1 Å². The summed E-state index contributed by atoms with van der Waals surface area (Å²) < 4.78 is 79.7. The molecular formula is C48H60N3O7S2-3. The van der Waals surface area contributed by atoms with Gasteiger partial charge in [-0.15, -0.1) is 0 Å². The zero-order valence-electron chi connectivity index (χ0n) is 36.2. The van der Waals surface area contributed by atoms with Crippen molar-refractivity contribution >= 4 is 43.8 Å². The lowest BCUT2D eigenvalue weighted by Gasteiger charge is -2.63. The molecule has 0 atom stereocenters. The third-order valence-corrected chi connectivity index (χ3v) is 13.6. The van der Waals surface area contributed by atoms with Crippen LogP contribution in [0.1, 0.15) is 122 Å². The molecule has 0 saturated heterocycles. The summed E-state index contributed by atoms with van der Waals surface area (Å²) in [6, 6.07) is 16.1. The first-order valence-electron chi connectivity index (χ1n) is 21.4. The molecule has 0 saturated carbocycles. The van der Waals surface area contributed by atoms with Gasteiger partial charge in [-0.05, 0) is 133 Å². The lowest BCUT2D eigenvalue weighted by atomic mass is 9.80. The van der Waals surface area contributed by atoms with Gasteiger partial charge in [-0.25, -0.2) is 13.0 Å². The average molecular weight is 855 g/mol. The van der Waals surface area contributed by atoms with Crippen molar-refractivity contribution in [3.05, 3.63) is 118 Å². The summed E-state index contributed by atoms with van der Waals surface area (Å²) in [6.45, 7) is 16.3. The van der Waals surface area contributed by atoms with Gasteiger partial charge in [0.1, 0.15) is 5.75 Å². The van der Waals surface area contributed by atoms with Crippen LogP contribution in [0.25, 0.3) is 5.57 Å². The molecule has 0 unspecified atom stereocenters. The fourth-order valence-electron chi connectivity index (χ4n) is 8.67. The molecule has 0 N–H and O–H groups in total. The van der Waals surface area contributed by atoms with E-state index in [1.54, 1.807) is 0 Å². The van der Waals surface area contributed by atoms with Crippen molar-refractivity contribution in [1.29, 1.82) is 0 Å². The van der Waals surface area contributed by atoms with Gasteiger partial charge in [-0.3, -0.25) is 0 Å². The second kappa shape index (κ2) is 18.5. The summed E-state index contributed by atoms with van der Waals surface area (Å²) in [4.78, 5) is 7.01. The van der Waals surface area contributed by atoms with Gasteiger partial charge >= 0.3 is 5.82 Å². The number of pyridine rings is 1. The second-order valence-corrected chi connectivity index (χ2v) is 20.3. The van der Waals surface area contributed by atoms with Crippen molar-refractivity contribution in [3.63, 3.8) is 0 Å². The molecule has 3 heterocycles. The number of hydrogen-bond acceptors (Lipinski definition) is 9. The van der Waals surface area contributed by atoms with Crippen molar-refractivity contribution in [1.82, 2.24) is 0 Å². The summed E-state index contributed by atoms with van der Waals surface area (Å²) in [5.41, 5.74) is 9.21. The van der Waals surface area contributed by atoms with Crippen LogP contribution in [0.15, 0.2) is 106 Å². The molecule has 3 aliphatic rings. The van der Waals surface area contributed by atoms with E-state index < -0.39 is 32.2 Å². The molecule has 0 spiro atoms. The second-order valence-electron chi connectivity index (χ2n) is 17.4. The molecular weight excluding hydrogens is 795 g/mol. The number of anilines is 1. The van der Waals surface area contributed by atoms with Gasteiger partial charge in [-0.1, -0.05) is 88.9 Å². The van der Waals surface area contributed by atoms with Crippen LogP contribution in [-0.2, 0) is 27.5 Å². The molecule has 1 aromatic heterocycles. The van der Waals surface area contributed by atoms with Crippen molar-refractivity contribution in [2.75, 3.05) is 23.8 Å². The lowest BCUT2D eigenvalue weighted by molar-refractivity contribution is -0.686. The van der Waals surface area contributed by atoms with Gasteiger partial charge in [-0.2, -0.15) is 0 Å². The van der Waals surface area contributed by atoms with Gasteiger partial charge in [0.15, 0.2) is 5.71 Å². The van der Waals surface area contributed by atoms with Crippen LogP contribution in [0.5, 0.6) is 5.75 Å². The fraction of sp³-hybridized carbons (Fsp3) is 0.458. The Morgan fingerprint density at radius 2 is 1.63 bits per heavy atom. The molecule has 0 radical (unpaired) electrons. The van der Waals surface area contributed by atoms with Crippen LogP contribution >= 0.6 is 10.9 Å². The summed E-state index contributed by atoms with van der Waals surface area (Å²) in [5.74, 6) is 1.05. The number of aliphatic imine (C=N–C) groups is 1. The van der Waals surface area contributed by atoms with E-state index in [1.165, 1.54) is 12.3 Å². The Bertz CT molecular complexity index is 2350. The molecule has 3 aromatic rings. The minimum atomic E-state index is -4.68. The molecule has 60 heavy (non-hydrogen) atoms. The van der Waals surface area contributed by atoms with E-state index in [1.807, 2.05) is 36.6 Å². The summed E-state index contributed by atoms with van der Waals surface area (Å²) >= 11 is 0. The van der Waals surface area contributed by atoms with Crippen LogP contribution in [0.2, 0.25) is 0 Å². The zero-order chi connectivity index (χ0) is 43.5.